The zero-order valence-corrected chi connectivity index (χ0v) is 8.73. The van der Waals surface area contributed by atoms with E-state index < -0.39 is 0 Å². The van der Waals surface area contributed by atoms with E-state index in [9.17, 15) is 0 Å². The SMILES string of the molecule is Cc1[c]c(-c2ccc3cn[nH]c3c2)ncn1. The molecule has 1 radical (unpaired) electrons. The van der Waals surface area contributed by atoms with Gasteiger partial charge in [-0.25, -0.2) is 9.97 Å². The summed E-state index contributed by atoms with van der Waals surface area (Å²) in [5, 5.41) is 8.01. The first kappa shape index (κ1) is 9.03. The standard InChI is InChI=1S/C12H9N4/c1-8-4-11(14-7-13-8)9-2-3-10-6-15-16-12(10)5-9/h2-3,5-7H,1H3,(H,15,16). The zero-order valence-electron chi connectivity index (χ0n) is 8.73. The molecule has 3 aromatic rings. The Morgan fingerprint density at radius 1 is 1.25 bits per heavy atom. The number of aryl methyl sites for hydroxylation is 1. The summed E-state index contributed by atoms with van der Waals surface area (Å²) in [5.74, 6) is 0. The highest BCUT2D eigenvalue weighted by atomic mass is 15.1. The molecule has 0 atom stereocenters. The lowest BCUT2D eigenvalue weighted by Gasteiger charge is -2.00. The summed E-state index contributed by atoms with van der Waals surface area (Å²) in [6.07, 6.45) is 3.35. The number of hydrogen-bond acceptors (Lipinski definition) is 3. The van der Waals surface area contributed by atoms with Crippen LogP contribution in [0.2, 0.25) is 0 Å². The summed E-state index contributed by atoms with van der Waals surface area (Å²) in [4.78, 5) is 8.23. The lowest BCUT2D eigenvalue weighted by Crippen LogP contribution is -1.88. The first-order chi connectivity index (χ1) is 7.83. The van der Waals surface area contributed by atoms with Gasteiger partial charge in [0.15, 0.2) is 0 Å². The van der Waals surface area contributed by atoms with Gasteiger partial charge in [-0.15, -0.1) is 0 Å². The molecule has 77 valence electrons. The second-order valence-corrected chi connectivity index (χ2v) is 3.60. The molecule has 0 aliphatic rings. The van der Waals surface area contributed by atoms with E-state index in [4.69, 9.17) is 0 Å². The van der Waals surface area contributed by atoms with Crippen LogP contribution in [0.4, 0.5) is 0 Å². The fraction of sp³-hybridized carbons (Fsp3) is 0.0833. The second kappa shape index (κ2) is 3.41. The lowest BCUT2D eigenvalue weighted by molar-refractivity contribution is 1.10. The minimum absolute atomic E-state index is 0.809. The van der Waals surface area contributed by atoms with Gasteiger partial charge in [0, 0.05) is 22.7 Å². The summed E-state index contributed by atoms with van der Waals surface area (Å²) >= 11 is 0. The van der Waals surface area contributed by atoms with E-state index in [1.807, 2.05) is 25.1 Å². The molecule has 0 saturated carbocycles. The van der Waals surface area contributed by atoms with Crippen molar-refractivity contribution in [1.29, 1.82) is 0 Å². The van der Waals surface area contributed by atoms with Crippen molar-refractivity contribution < 1.29 is 0 Å². The number of hydrogen-bond donors (Lipinski definition) is 1. The van der Waals surface area contributed by atoms with Crippen molar-refractivity contribution in [2.45, 2.75) is 6.92 Å². The molecule has 4 nitrogen and oxygen atoms in total. The van der Waals surface area contributed by atoms with Crippen LogP contribution in [-0.2, 0) is 0 Å². The molecule has 1 aromatic carbocycles. The number of H-pyrrole nitrogens is 1. The molecule has 2 aromatic heterocycles. The number of nitrogens with one attached hydrogen (secondary N) is 1. The van der Waals surface area contributed by atoms with Crippen LogP contribution in [0.5, 0.6) is 0 Å². The fourth-order valence-electron chi connectivity index (χ4n) is 1.64. The van der Waals surface area contributed by atoms with Crippen LogP contribution in [0.3, 0.4) is 0 Å². The Balaban J connectivity index is 2.18. The van der Waals surface area contributed by atoms with Crippen molar-refractivity contribution in [3.63, 3.8) is 0 Å². The van der Waals surface area contributed by atoms with E-state index in [-0.39, 0.29) is 0 Å². The summed E-state index contributed by atoms with van der Waals surface area (Å²) in [6, 6.07) is 9.16. The predicted octanol–water partition coefficient (Wildman–Crippen LogP) is 2.13. The second-order valence-electron chi connectivity index (χ2n) is 3.60. The minimum Gasteiger partial charge on any atom is -0.278 e. The highest BCUT2D eigenvalue weighted by molar-refractivity contribution is 5.82. The largest absolute Gasteiger partial charge is 0.278 e. The van der Waals surface area contributed by atoms with Crippen molar-refractivity contribution in [3.05, 3.63) is 42.5 Å². The first-order valence-electron chi connectivity index (χ1n) is 4.97. The molecular formula is C12H9N4. The Labute approximate surface area is 92.4 Å². The van der Waals surface area contributed by atoms with Crippen LogP contribution in [0.15, 0.2) is 30.7 Å². The van der Waals surface area contributed by atoms with Gasteiger partial charge in [-0.05, 0) is 13.0 Å². The maximum Gasteiger partial charge on any atom is 0.116 e. The van der Waals surface area contributed by atoms with Crippen molar-refractivity contribution in [2.24, 2.45) is 0 Å². The fourth-order valence-corrected chi connectivity index (χ4v) is 1.64. The lowest BCUT2D eigenvalue weighted by atomic mass is 10.1. The number of fused-ring (bicyclic) bond motifs is 1. The van der Waals surface area contributed by atoms with Gasteiger partial charge in [0.25, 0.3) is 0 Å². The van der Waals surface area contributed by atoms with E-state index >= 15 is 0 Å². The minimum atomic E-state index is 0.809. The number of aromatic nitrogens is 4. The van der Waals surface area contributed by atoms with Crippen molar-refractivity contribution >= 4 is 10.9 Å². The Hall–Kier alpha value is -2.23. The van der Waals surface area contributed by atoms with E-state index in [1.165, 1.54) is 0 Å². The Morgan fingerprint density at radius 2 is 2.19 bits per heavy atom. The number of rotatable bonds is 1. The van der Waals surface area contributed by atoms with Crippen LogP contribution in [0, 0.1) is 13.0 Å². The van der Waals surface area contributed by atoms with Crippen LogP contribution in [-0.4, -0.2) is 20.2 Å². The molecule has 0 unspecified atom stereocenters. The summed E-state index contributed by atoms with van der Waals surface area (Å²) in [7, 11) is 0. The summed E-state index contributed by atoms with van der Waals surface area (Å²) in [6.45, 7) is 1.90. The van der Waals surface area contributed by atoms with Gasteiger partial charge in [0.05, 0.1) is 17.4 Å². The molecule has 0 fully saturated rings. The molecule has 4 heteroatoms. The third-order valence-electron chi connectivity index (χ3n) is 2.45. The normalized spacial score (nSPS) is 10.8. The molecule has 0 saturated heterocycles. The Bertz CT molecular complexity index is 642. The highest BCUT2D eigenvalue weighted by Crippen LogP contribution is 2.20. The molecule has 0 spiro atoms. The Morgan fingerprint density at radius 3 is 3.06 bits per heavy atom. The molecule has 3 rings (SSSR count). The van der Waals surface area contributed by atoms with Crippen molar-refractivity contribution in [2.75, 3.05) is 0 Å². The molecule has 0 bridgehead atoms. The third-order valence-corrected chi connectivity index (χ3v) is 2.45. The predicted molar refractivity (Wildman–Crippen MR) is 60.7 cm³/mol. The summed E-state index contributed by atoms with van der Waals surface area (Å²) in [5.41, 5.74) is 3.67. The molecule has 1 N–H and O–H groups in total. The van der Waals surface area contributed by atoms with Gasteiger partial charge in [-0.1, -0.05) is 12.1 Å². The van der Waals surface area contributed by atoms with Gasteiger partial charge >= 0.3 is 0 Å². The van der Waals surface area contributed by atoms with E-state index in [0.29, 0.717) is 0 Å². The zero-order chi connectivity index (χ0) is 11.0. The van der Waals surface area contributed by atoms with E-state index in [1.54, 1.807) is 12.5 Å². The smallest absolute Gasteiger partial charge is 0.116 e. The molecule has 0 aliphatic heterocycles. The van der Waals surface area contributed by atoms with Gasteiger partial charge in [-0.3, -0.25) is 5.10 Å². The van der Waals surface area contributed by atoms with Crippen LogP contribution < -0.4 is 0 Å². The third kappa shape index (κ3) is 1.44. The van der Waals surface area contributed by atoms with E-state index in [2.05, 4.69) is 26.2 Å². The molecule has 16 heavy (non-hydrogen) atoms. The quantitative estimate of drug-likeness (QED) is 0.668. The molecule has 0 aliphatic carbocycles. The Kier molecular flexibility index (Phi) is 1.93. The molecule has 0 amide bonds. The van der Waals surface area contributed by atoms with Gasteiger partial charge in [-0.2, -0.15) is 5.10 Å². The maximum atomic E-state index is 4.20. The van der Waals surface area contributed by atoms with Crippen LogP contribution in [0.1, 0.15) is 5.69 Å². The van der Waals surface area contributed by atoms with Crippen molar-refractivity contribution in [3.8, 4) is 11.3 Å². The van der Waals surface area contributed by atoms with Crippen molar-refractivity contribution in [1.82, 2.24) is 20.2 Å². The average molecular weight is 209 g/mol. The highest BCUT2D eigenvalue weighted by Gasteiger charge is 2.02. The molecule has 2 heterocycles. The average Bonchev–Trinajstić information content (AvgIpc) is 2.75. The van der Waals surface area contributed by atoms with E-state index in [0.717, 1.165) is 27.9 Å². The van der Waals surface area contributed by atoms with Crippen LogP contribution in [0.25, 0.3) is 22.2 Å². The molecular weight excluding hydrogens is 200 g/mol. The van der Waals surface area contributed by atoms with Crippen LogP contribution >= 0.6 is 0 Å². The number of benzene rings is 1. The topological polar surface area (TPSA) is 54.5 Å². The number of nitrogens with zero attached hydrogens (tertiary/aromatic N) is 3. The summed E-state index contributed by atoms with van der Waals surface area (Å²) < 4.78 is 0. The monoisotopic (exact) mass is 209 g/mol. The maximum absolute atomic E-state index is 4.20. The van der Waals surface area contributed by atoms with Gasteiger partial charge < -0.3 is 0 Å². The first-order valence-corrected chi connectivity index (χ1v) is 4.97. The van der Waals surface area contributed by atoms with Gasteiger partial charge in [0.2, 0.25) is 0 Å². The number of aromatic amines is 1. The van der Waals surface area contributed by atoms with Gasteiger partial charge in [0.1, 0.15) is 6.33 Å².